The minimum atomic E-state index is -2.80. The van der Waals surface area contributed by atoms with Gasteiger partial charge in [-0.15, -0.1) is 0 Å². The van der Waals surface area contributed by atoms with Crippen molar-refractivity contribution in [2.24, 2.45) is 0 Å². The zero-order valence-electron chi connectivity index (χ0n) is 6.99. The second kappa shape index (κ2) is 3.48. The van der Waals surface area contributed by atoms with Crippen LogP contribution in [0.15, 0.2) is 12.1 Å². The quantitative estimate of drug-likeness (QED) is 0.662. The van der Waals surface area contributed by atoms with Crippen LogP contribution in [0.25, 0.3) is 0 Å². The standard InChI is InChI=1S/C9H6ClF2IO/c10-8-5-3-9(11,12)4-14-7(5)2-1-6(8)13/h1-2H,3-4H2. The van der Waals surface area contributed by atoms with Crippen LogP contribution in [0.3, 0.4) is 0 Å². The average molecular weight is 330 g/mol. The Hall–Kier alpha value is -0.100. The third-order valence-electron chi connectivity index (χ3n) is 2.03. The van der Waals surface area contributed by atoms with Gasteiger partial charge in [-0.2, -0.15) is 0 Å². The fourth-order valence-electron chi connectivity index (χ4n) is 1.37. The van der Waals surface area contributed by atoms with E-state index in [1.165, 1.54) is 0 Å². The fourth-order valence-corrected chi connectivity index (χ4v) is 2.10. The second-order valence-electron chi connectivity index (χ2n) is 3.16. The molecule has 76 valence electrons. The normalized spacial score (nSPS) is 18.6. The van der Waals surface area contributed by atoms with Crippen molar-refractivity contribution in [1.82, 2.24) is 0 Å². The number of hydrogen-bond donors (Lipinski definition) is 0. The first-order chi connectivity index (χ1) is 6.49. The van der Waals surface area contributed by atoms with E-state index in [9.17, 15) is 8.78 Å². The summed E-state index contributed by atoms with van der Waals surface area (Å²) in [6, 6.07) is 3.43. The van der Waals surface area contributed by atoms with E-state index in [0.717, 1.165) is 3.57 Å². The lowest BCUT2D eigenvalue weighted by atomic mass is 10.0. The molecule has 0 unspecified atom stereocenters. The second-order valence-corrected chi connectivity index (χ2v) is 4.70. The van der Waals surface area contributed by atoms with E-state index in [1.54, 1.807) is 12.1 Å². The maximum Gasteiger partial charge on any atom is 0.285 e. The molecule has 1 aromatic rings. The SMILES string of the molecule is FC1(F)COc2ccc(I)c(Cl)c2C1. The summed E-state index contributed by atoms with van der Waals surface area (Å²) >= 11 is 7.93. The van der Waals surface area contributed by atoms with Gasteiger partial charge >= 0.3 is 0 Å². The van der Waals surface area contributed by atoms with E-state index >= 15 is 0 Å². The van der Waals surface area contributed by atoms with Gasteiger partial charge in [-0.1, -0.05) is 11.6 Å². The lowest BCUT2D eigenvalue weighted by molar-refractivity contribution is -0.0514. The minimum Gasteiger partial charge on any atom is -0.487 e. The highest BCUT2D eigenvalue weighted by Gasteiger charge is 2.37. The van der Waals surface area contributed by atoms with Gasteiger partial charge in [0.05, 0.1) is 5.02 Å². The Kier molecular flexibility index (Phi) is 2.59. The Morgan fingerprint density at radius 1 is 1.43 bits per heavy atom. The van der Waals surface area contributed by atoms with Crippen molar-refractivity contribution >= 4 is 34.2 Å². The van der Waals surface area contributed by atoms with Gasteiger partial charge in [-0.05, 0) is 34.7 Å². The van der Waals surface area contributed by atoms with Crippen molar-refractivity contribution in [2.45, 2.75) is 12.3 Å². The number of benzene rings is 1. The van der Waals surface area contributed by atoms with Gasteiger partial charge < -0.3 is 4.74 Å². The molecule has 5 heteroatoms. The monoisotopic (exact) mass is 330 g/mol. The van der Waals surface area contributed by atoms with E-state index < -0.39 is 12.5 Å². The molecule has 1 aliphatic rings. The number of fused-ring (bicyclic) bond motifs is 1. The zero-order valence-corrected chi connectivity index (χ0v) is 9.90. The van der Waals surface area contributed by atoms with Crippen LogP contribution in [0.2, 0.25) is 5.02 Å². The summed E-state index contributed by atoms with van der Waals surface area (Å²) in [5.74, 6) is -2.33. The van der Waals surface area contributed by atoms with Crippen LogP contribution in [-0.2, 0) is 6.42 Å². The van der Waals surface area contributed by atoms with Gasteiger partial charge in [0.15, 0.2) is 6.61 Å². The number of alkyl halides is 2. The van der Waals surface area contributed by atoms with Gasteiger partial charge in [-0.25, -0.2) is 8.78 Å². The topological polar surface area (TPSA) is 9.23 Å². The van der Waals surface area contributed by atoms with Gasteiger partial charge in [0.25, 0.3) is 5.92 Å². The van der Waals surface area contributed by atoms with Crippen LogP contribution in [-0.4, -0.2) is 12.5 Å². The molecule has 1 aliphatic heterocycles. The molecule has 0 aromatic heterocycles. The van der Waals surface area contributed by atoms with Gasteiger partial charge in [0.1, 0.15) is 5.75 Å². The molecule has 0 aliphatic carbocycles. The highest BCUT2D eigenvalue weighted by molar-refractivity contribution is 14.1. The van der Waals surface area contributed by atoms with E-state index in [1.807, 2.05) is 22.6 Å². The molecule has 0 N–H and O–H groups in total. The Balaban J connectivity index is 2.49. The molecule has 1 heterocycles. The number of hydrogen-bond acceptors (Lipinski definition) is 1. The van der Waals surface area contributed by atoms with Crippen molar-refractivity contribution in [3.63, 3.8) is 0 Å². The minimum absolute atomic E-state index is 0.335. The fraction of sp³-hybridized carbons (Fsp3) is 0.333. The van der Waals surface area contributed by atoms with Crippen LogP contribution in [0.4, 0.5) is 8.78 Å². The molecular formula is C9H6ClF2IO. The van der Waals surface area contributed by atoms with Crippen LogP contribution >= 0.6 is 34.2 Å². The summed E-state index contributed by atoms with van der Waals surface area (Å²) in [5, 5.41) is 0.377. The summed E-state index contributed by atoms with van der Waals surface area (Å²) in [5.41, 5.74) is 0.412. The van der Waals surface area contributed by atoms with Gasteiger partial charge in [0.2, 0.25) is 0 Å². The zero-order chi connectivity index (χ0) is 10.3. The Bertz CT molecular complexity index is 381. The molecule has 0 fully saturated rings. The number of rotatable bonds is 0. The molecule has 0 radical (unpaired) electrons. The van der Waals surface area contributed by atoms with Crippen LogP contribution in [0.5, 0.6) is 5.75 Å². The highest BCUT2D eigenvalue weighted by atomic mass is 127. The summed E-state index contributed by atoms with van der Waals surface area (Å²) in [6.07, 6.45) is -0.335. The van der Waals surface area contributed by atoms with Crippen molar-refractivity contribution < 1.29 is 13.5 Å². The molecule has 14 heavy (non-hydrogen) atoms. The molecule has 2 rings (SSSR count). The molecule has 0 amide bonds. The molecule has 0 bridgehead atoms. The van der Waals surface area contributed by atoms with Crippen molar-refractivity contribution in [3.05, 3.63) is 26.3 Å². The van der Waals surface area contributed by atoms with E-state index in [-0.39, 0.29) is 6.42 Å². The predicted molar refractivity (Wildman–Crippen MR) is 58.3 cm³/mol. The molecule has 0 saturated heterocycles. The lowest BCUT2D eigenvalue weighted by Gasteiger charge is -2.25. The maximum absolute atomic E-state index is 13.0. The van der Waals surface area contributed by atoms with Crippen molar-refractivity contribution in [2.75, 3.05) is 6.61 Å². The molecular weight excluding hydrogens is 324 g/mol. The lowest BCUT2D eigenvalue weighted by Crippen LogP contribution is -2.32. The number of halogens is 4. The Labute approximate surface area is 98.5 Å². The van der Waals surface area contributed by atoms with Crippen molar-refractivity contribution in [1.29, 1.82) is 0 Å². The highest BCUT2D eigenvalue weighted by Crippen LogP contribution is 2.38. The first-order valence-corrected chi connectivity index (χ1v) is 5.43. The average Bonchev–Trinajstić information content (AvgIpc) is 2.11. The van der Waals surface area contributed by atoms with Gasteiger partial charge in [0, 0.05) is 15.6 Å². The Morgan fingerprint density at radius 3 is 2.86 bits per heavy atom. The molecule has 1 nitrogen and oxygen atoms in total. The van der Waals surface area contributed by atoms with Gasteiger partial charge in [-0.3, -0.25) is 0 Å². The summed E-state index contributed by atoms with van der Waals surface area (Å²) in [6.45, 7) is -0.559. The third kappa shape index (κ3) is 1.82. The molecule has 0 saturated carbocycles. The first-order valence-electron chi connectivity index (χ1n) is 3.97. The number of ether oxygens (including phenoxy) is 1. The van der Waals surface area contributed by atoms with Crippen LogP contribution in [0, 0.1) is 3.57 Å². The van der Waals surface area contributed by atoms with Crippen LogP contribution in [0.1, 0.15) is 5.56 Å². The molecule has 0 spiro atoms. The largest absolute Gasteiger partial charge is 0.487 e. The van der Waals surface area contributed by atoms with Crippen molar-refractivity contribution in [3.8, 4) is 5.75 Å². The summed E-state index contributed by atoms with van der Waals surface area (Å²) < 4.78 is 31.7. The predicted octanol–water partition coefficient (Wildman–Crippen LogP) is 3.51. The van der Waals surface area contributed by atoms with E-state index in [2.05, 4.69) is 0 Å². The molecule has 1 aromatic carbocycles. The van der Waals surface area contributed by atoms with E-state index in [0.29, 0.717) is 16.3 Å². The third-order valence-corrected chi connectivity index (χ3v) is 3.68. The molecule has 0 atom stereocenters. The Morgan fingerprint density at radius 2 is 2.14 bits per heavy atom. The summed E-state index contributed by atoms with van der Waals surface area (Å²) in [7, 11) is 0. The maximum atomic E-state index is 13.0. The first kappa shape index (κ1) is 10.4. The van der Waals surface area contributed by atoms with Crippen LogP contribution < -0.4 is 4.74 Å². The smallest absolute Gasteiger partial charge is 0.285 e. The summed E-state index contributed by atoms with van der Waals surface area (Å²) in [4.78, 5) is 0. The van der Waals surface area contributed by atoms with E-state index in [4.69, 9.17) is 16.3 Å².